The van der Waals surface area contributed by atoms with Gasteiger partial charge in [-0.15, -0.1) is 0 Å². The number of carbonyl (C=O) groups is 1. The third-order valence-electron chi connectivity index (χ3n) is 4.74. The summed E-state index contributed by atoms with van der Waals surface area (Å²) in [6.45, 7) is 6.10. The number of hydrogen-bond donors (Lipinski definition) is 0. The van der Waals surface area contributed by atoms with E-state index >= 15 is 0 Å². The van der Waals surface area contributed by atoms with Gasteiger partial charge < -0.3 is 9.80 Å². The van der Waals surface area contributed by atoms with E-state index in [1.807, 2.05) is 4.68 Å². The molecule has 3 rings (SSSR count). The van der Waals surface area contributed by atoms with E-state index in [4.69, 9.17) is 0 Å². The van der Waals surface area contributed by atoms with Crippen LogP contribution in [0.25, 0.3) is 0 Å². The molecule has 3 heterocycles. The van der Waals surface area contributed by atoms with E-state index in [1.165, 1.54) is 12.8 Å². The molecule has 6 heteroatoms. The second kappa shape index (κ2) is 7.02. The molecule has 21 heavy (non-hydrogen) atoms. The largest absolute Gasteiger partial charge is 0.343 e. The van der Waals surface area contributed by atoms with Crippen molar-refractivity contribution >= 4 is 5.91 Å². The summed E-state index contributed by atoms with van der Waals surface area (Å²) < 4.78 is 1.88. The van der Waals surface area contributed by atoms with Crippen LogP contribution in [0.3, 0.4) is 0 Å². The Morgan fingerprint density at radius 1 is 1.10 bits per heavy atom. The van der Waals surface area contributed by atoms with Gasteiger partial charge in [-0.3, -0.25) is 9.48 Å². The Labute approximate surface area is 126 Å². The van der Waals surface area contributed by atoms with E-state index in [9.17, 15) is 4.79 Å². The summed E-state index contributed by atoms with van der Waals surface area (Å²) in [5.41, 5.74) is 0. The summed E-state index contributed by atoms with van der Waals surface area (Å²) in [5, 5.41) is 4.13. The summed E-state index contributed by atoms with van der Waals surface area (Å²) in [6, 6.07) is 0. The lowest BCUT2D eigenvalue weighted by molar-refractivity contribution is -0.131. The predicted molar refractivity (Wildman–Crippen MR) is 79.6 cm³/mol. The molecule has 2 aliphatic rings. The first-order valence-electron chi connectivity index (χ1n) is 8.14. The lowest BCUT2D eigenvalue weighted by Crippen LogP contribution is -2.38. The van der Waals surface area contributed by atoms with Gasteiger partial charge in [-0.2, -0.15) is 5.10 Å². The van der Waals surface area contributed by atoms with Crippen LogP contribution in [0.5, 0.6) is 0 Å². The van der Waals surface area contributed by atoms with Gasteiger partial charge in [-0.1, -0.05) is 0 Å². The van der Waals surface area contributed by atoms with Crippen LogP contribution in [0.15, 0.2) is 12.7 Å². The zero-order valence-electron chi connectivity index (χ0n) is 12.7. The van der Waals surface area contributed by atoms with Crippen LogP contribution >= 0.6 is 0 Å². The number of aromatic nitrogens is 3. The third kappa shape index (κ3) is 4.03. The number of amides is 1. The van der Waals surface area contributed by atoms with Crippen LogP contribution in [0.1, 0.15) is 32.1 Å². The van der Waals surface area contributed by atoms with Crippen molar-refractivity contribution in [3.63, 3.8) is 0 Å². The fourth-order valence-corrected chi connectivity index (χ4v) is 3.35. The van der Waals surface area contributed by atoms with Crippen LogP contribution in [0.2, 0.25) is 0 Å². The van der Waals surface area contributed by atoms with Crippen LogP contribution < -0.4 is 0 Å². The Morgan fingerprint density at radius 2 is 1.86 bits per heavy atom. The molecule has 0 bridgehead atoms. The number of nitrogens with zero attached hydrogens (tertiary/aromatic N) is 5. The summed E-state index contributed by atoms with van der Waals surface area (Å²) in [6.07, 6.45) is 8.78. The Bertz CT molecular complexity index is 433. The van der Waals surface area contributed by atoms with Gasteiger partial charge in [0.25, 0.3) is 0 Å². The van der Waals surface area contributed by atoms with Gasteiger partial charge in [0.05, 0.1) is 6.54 Å². The fraction of sp³-hybridized carbons (Fsp3) is 0.800. The molecule has 2 saturated heterocycles. The highest BCUT2D eigenvalue weighted by atomic mass is 16.2. The fourth-order valence-electron chi connectivity index (χ4n) is 3.35. The van der Waals surface area contributed by atoms with Crippen molar-refractivity contribution in [1.82, 2.24) is 24.6 Å². The number of hydrogen-bond acceptors (Lipinski definition) is 4. The molecule has 0 aromatic carbocycles. The standard InChI is InChI=1S/C15H25N5O/c21-15(19-5-1-2-6-19)11-14-3-7-18(8-4-14)9-10-20-13-16-12-17-20/h12-14H,1-11H2. The molecule has 2 fully saturated rings. The quantitative estimate of drug-likeness (QED) is 0.812. The second-order valence-corrected chi connectivity index (χ2v) is 6.24. The van der Waals surface area contributed by atoms with E-state index in [1.54, 1.807) is 12.7 Å². The number of carbonyl (C=O) groups excluding carboxylic acids is 1. The Balaban J connectivity index is 1.35. The maximum absolute atomic E-state index is 12.2. The number of rotatable bonds is 5. The molecule has 0 radical (unpaired) electrons. The molecule has 116 valence electrons. The van der Waals surface area contributed by atoms with Crippen molar-refractivity contribution < 1.29 is 4.79 Å². The normalized spacial score (nSPS) is 21.0. The van der Waals surface area contributed by atoms with Gasteiger partial charge in [0.2, 0.25) is 5.91 Å². The van der Waals surface area contributed by atoms with Gasteiger partial charge in [0.1, 0.15) is 12.7 Å². The first-order valence-corrected chi connectivity index (χ1v) is 8.14. The Hall–Kier alpha value is -1.43. The van der Waals surface area contributed by atoms with E-state index in [-0.39, 0.29) is 0 Å². The molecule has 0 aliphatic carbocycles. The van der Waals surface area contributed by atoms with Gasteiger partial charge in [0, 0.05) is 26.1 Å². The van der Waals surface area contributed by atoms with Gasteiger partial charge in [-0.05, 0) is 44.7 Å². The molecule has 0 saturated carbocycles. The molecule has 0 unspecified atom stereocenters. The van der Waals surface area contributed by atoms with Gasteiger partial charge in [-0.25, -0.2) is 4.98 Å². The third-order valence-corrected chi connectivity index (χ3v) is 4.74. The first-order chi connectivity index (χ1) is 10.3. The summed E-state index contributed by atoms with van der Waals surface area (Å²) in [5.74, 6) is 0.967. The maximum atomic E-state index is 12.2. The SMILES string of the molecule is O=C(CC1CCN(CCn2cncn2)CC1)N1CCCC1. The van der Waals surface area contributed by atoms with Crippen molar-refractivity contribution in [2.45, 2.75) is 38.6 Å². The molecule has 0 N–H and O–H groups in total. The zero-order valence-corrected chi connectivity index (χ0v) is 12.7. The summed E-state index contributed by atoms with van der Waals surface area (Å²) >= 11 is 0. The van der Waals surface area contributed by atoms with Crippen molar-refractivity contribution in [2.75, 3.05) is 32.7 Å². The van der Waals surface area contributed by atoms with Crippen molar-refractivity contribution in [3.05, 3.63) is 12.7 Å². The zero-order chi connectivity index (χ0) is 14.5. The minimum Gasteiger partial charge on any atom is -0.343 e. The van der Waals surface area contributed by atoms with Crippen molar-refractivity contribution in [2.24, 2.45) is 5.92 Å². The molecular weight excluding hydrogens is 266 g/mol. The lowest BCUT2D eigenvalue weighted by Gasteiger charge is -2.32. The highest BCUT2D eigenvalue weighted by molar-refractivity contribution is 5.76. The summed E-state index contributed by atoms with van der Waals surface area (Å²) in [7, 11) is 0. The molecule has 1 aromatic heterocycles. The highest BCUT2D eigenvalue weighted by Gasteiger charge is 2.25. The smallest absolute Gasteiger partial charge is 0.222 e. The highest BCUT2D eigenvalue weighted by Crippen LogP contribution is 2.22. The molecule has 0 spiro atoms. The van der Waals surface area contributed by atoms with Crippen molar-refractivity contribution in [1.29, 1.82) is 0 Å². The van der Waals surface area contributed by atoms with Gasteiger partial charge in [0.15, 0.2) is 0 Å². The molecule has 1 amide bonds. The van der Waals surface area contributed by atoms with Crippen molar-refractivity contribution in [3.8, 4) is 0 Å². The average Bonchev–Trinajstić information content (AvgIpc) is 3.20. The van der Waals surface area contributed by atoms with Crippen LogP contribution in [0.4, 0.5) is 0 Å². The topological polar surface area (TPSA) is 54.3 Å². The van der Waals surface area contributed by atoms with E-state index in [0.717, 1.165) is 58.5 Å². The van der Waals surface area contributed by atoms with E-state index in [2.05, 4.69) is 19.9 Å². The summed E-state index contributed by atoms with van der Waals surface area (Å²) in [4.78, 5) is 20.7. The second-order valence-electron chi connectivity index (χ2n) is 6.24. The Kier molecular flexibility index (Phi) is 4.85. The van der Waals surface area contributed by atoms with Gasteiger partial charge >= 0.3 is 0 Å². The molecule has 0 atom stereocenters. The Morgan fingerprint density at radius 3 is 2.52 bits per heavy atom. The molecular formula is C15H25N5O. The lowest BCUT2D eigenvalue weighted by atomic mass is 9.93. The monoisotopic (exact) mass is 291 g/mol. The van der Waals surface area contributed by atoms with E-state index < -0.39 is 0 Å². The van der Waals surface area contributed by atoms with Crippen LogP contribution in [-0.4, -0.2) is 63.2 Å². The first kappa shape index (κ1) is 14.5. The average molecular weight is 291 g/mol. The number of likely N-dealkylation sites (tertiary alicyclic amines) is 2. The molecule has 1 aromatic rings. The van der Waals surface area contributed by atoms with E-state index in [0.29, 0.717) is 11.8 Å². The number of piperidine rings is 1. The maximum Gasteiger partial charge on any atom is 0.222 e. The van der Waals surface area contributed by atoms with Crippen LogP contribution in [-0.2, 0) is 11.3 Å². The minimum absolute atomic E-state index is 0.383. The predicted octanol–water partition coefficient (Wildman–Crippen LogP) is 1.00. The molecule has 6 nitrogen and oxygen atoms in total. The molecule has 2 aliphatic heterocycles. The van der Waals surface area contributed by atoms with Crippen LogP contribution in [0, 0.1) is 5.92 Å². The minimum atomic E-state index is 0.383.